The molecule has 1 aromatic carbocycles. The lowest BCUT2D eigenvalue weighted by molar-refractivity contribution is -0.122. The molecule has 116 valence electrons. The number of amides is 2. The van der Waals surface area contributed by atoms with Crippen molar-refractivity contribution in [3.63, 3.8) is 0 Å². The zero-order valence-corrected chi connectivity index (χ0v) is 12.9. The number of hydrogen-bond acceptors (Lipinski definition) is 3. The molecular formula is C16H24N2O3. The summed E-state index contributed by atoms with van der Waals surface area (Å²) in [5, 5.41) is 14.8. The second kappa shape index (κ2) is 7.78. The molecule has 5 heteroatoms. The largest absolute Gasteiger partial charge is 0.394 e. The van der Waals surface area contributed by atoms with Crippen LogP contribution in [0.1, 0.15) is 42.6 Å². The quantitative estimate of drug-likeness (QED) is 0.710. The molecule has 0 unspecified atom stereocenters. The smallest absolute Gasteiger partial charge is 0.251 e. The molecule has 0 fully saturated rings. The summed E-state index contributed by atoms with van der Waals surface area (Å²) < 4.78 is 0. The highest BCUT2D eigenvalue weighted by Gasteiger charge is 2.27. The minimum atomic E-state index is -0.605. The monoisotopic (exact) mass is 292 g/mol. The molecule has 0 aromatic heterocycles. The van der Waals surface area contributed by atoms with Gasteiger partial charge in [-0.1, -0.05) is 31.5 Å². The van der Waals surface area contributed by atoms with Crippen molar-refractivity contribution in [2.24, 2.45) is 0 Å². The van der Waals surface area contributed by atoms with E-state index in [1.165, 1.54) is 0 Å². The van der Waals surface area contributed by atoms with Crippen LogP contribution in [-0.2, 0) is 4.79 Å². The van der Waals surface area contributed by atoms with Gasteiger partial charge in [0.2, 0.25) is 5.91 Å². The van der Waals surface area contributed by atoms with Crippen molar-refractivity contribution in [1.82, 2.24) is 10.6 Å². The van der Waals surface area contributed by atoms with Crippen LogP contribution in [0.3, 0.4) is 0 Å². The minimum Gasteiger partial charge on any atom is -0.394 e. The zero-order chi connectivity index (χ0) is 15.9. The molecule has 2 amide bonds. The Morgan fingerprint density at radius 3 is 2.19 bits per heavy atom. The van der Waals surface area contributed by atoms with Gasteiger partial charge in [0.05, 0.1) is 18.7 Å². The van der Waals surface area contributed by atoms with Crippen LogP contribution in [0.5, 0.6) is 0 Å². The SMILES string of the molecule is CCC(CC)(CO)NC(=O)CNC(=O)c1ccc(C)cc1. The standard InChI is InChI=1S/C16H24N2O3/c1-4-16(5-2,11-19)18-14(20)10-17-15(21)13-8-6-12(3)7-9-13/h6-9,19H,4-5,10-11H2,1-3H3,(H,17,21)(H,18,20). The summed E-state index contributed by atoms with van der Waals surface area (Å²) in [7, 11) is 0. The molecule has 5 nitrogen and oxygen atoms in total. The Bertz CT molecular complexity index is 471. The van der Waals surface area contributed by atoms with Gasteiger partial charge in [-0.2, -0.15) is 0 Å². The summed E-state index contributed by atoms with van der Waals surface area (Å²) in [6.45, 7) is 5.54. The maximum absolute atomic E-state index is 11.9. The summed E-state index contributed by atoms with van der Waals surface area (Å²) in [6.07, 6.45) is 1.27. The summed E-state index contributed by atoms with van der Waals surface area (Å²) in [6, 6.07) is 7.14. The Morgan fingerprint density at radius 1 is 1.14 bits per heavy atom. The van der Waals surface area contributed by atoms with Gasteiger partial charge in [-0.3, -0.25) is 9.59 Å². The predicted molar refractivity (Wildman–Crippen MR) is 82.1 cm³/mol. The van der Waals surface area contributed by atoms with E-state index in [-0.39, 0.29) is 25.0 Å². The molecule has 1 aromatic rings. The molecule has 0 saturated heterocycles. The lowest BCUT2D eigenvalue weighted by Gasteiger charge is -2.30. The lowest BCUT2D eigenvalue weighted by atomic mass is 9.94. The number of aliphatic hydroxyl groups excluding tert-OH is 1. The molecule has 0 saturated carbocycles. The third-order valence-corrected chi connectivity index (χ3v) is 3.78. The van der Waals surface area contributed by atoms with Crippen LogP contribution in [0, 0.1) is 6.92 Å². The number of aliphatic hydroxyl groups is 1. The van der Waals surface area contributed by atoms with E-state index < -0.39 is 5.54 Å². The maximum Gasteiger partial charge on any atom is 0.251 e. The van der Waals surface area contributed by atoms with Crippen molar-refractivity contribution in [2.75, 3.05) is 13.2 Å². The first-order valence-electron chi connectivity index (χ1n) is 7.23. The van der Waals surface area contributed by atoms with Crippen molar-refractivity contribution in [3.8, 4) is 0 Å². The normalized spacial score (nSPS) is 11.0. The number of nitrogens with one attached hydrogen (secondary N) is 2. The fourth-order valence-corrected chi connectivity index (χ4v) is 2.00. The first kappa shape index (κ1) is 17.2. The van der Waals surface area contributed by atoms with Crippen molar-refractivity contribution in [1.29, 1.82) is 0 Å². The molecule has 0 aliphatic rings. The van der Waals surface area contributed by atoms with E-state index in [4.69, 9.17) is 0 Å². The van der Waals surface area contributed by atoms with E-state index in [2.05, 4.69) is 10.6 Å². The van der Waals surface area contributed by atoms with Gasteiger partial charge >= 0.3 is 0 Å². The molecule has 0 aliphatic heterocycles. The molecule has 0 spiro atoms. The first-order valence-corrected chi connectivity index (χ1v) is 7.23. The number of carbonyl (C=O) groups excluding carboxylic acids is 2. The van der Waals surface area contributed by atoms with Crippen molar-refractivity contribution in [3.05, 3.63) is 35.4 Å². The third kappa shape index (κ3) is 4.86. The fraction of sp³-hybridized carbons (Fsp3) is 0.500. The van der Waals surface area contributed by atoms with Crippen LogP contribution in [0.4, 0.5) is 0 Å². The van der Waals surface area contributed by atoms with E-state index in [9.17, 15) is 14.7 Å². The Hall–Kier alpha value is -1.88. The predicted octanol–water partition coefficient (Wildman–Crippen LogP) is 1.39. The summed E-state index contributed by atoms with van der Waals surface area (Å²) in [5.41, 5.74) is 0.988. The van der Waals surface area contributed by atoms with Crippen LogP contribution in [0.15, 0.2) is 24.3 Å². The Balaban J connectivity index is 2.53. The van der Waals surface area contributed by atoms with Crippen molar-refractivity contribution in [2.45, 2.75) is 39.2 Å². The molecule has 3 N–H and O–H groups in total. The second-order valence-corrected chi connectivity index (χ2v) is 5.24. The minimum absolute atomic E-state index is 0.103. The fourth-order valence-electron chi connectivity index (χ4n) is 2.00. The van der Waals surface area contributed by atoms with Gasteiger partial charge in [-0.15, -0.1) is 0 Å². The van der Waals surface area contributed by atoms with Gasteiger partial charge in [0, 0.05) is 5.56 Å². The summed E-state index contributed by atoms with van der Waals surface area (Å²) in [4.78, 5) is 23.8. The molecule has 1 rings (SSSR count). The first-order chi connectivity index (χ1) is 9.96. The van der Waals surface area contributed by atoms with E-state index >= 15 is 0 Å². The Labute approximate surface area is 125 Å². The third-order valence-electron chi connectivity index (χ3n) is 3.78. The van der Waals surface area contributed by atoms with E-state index in [0.717, 1.165) is 5.56 Å². The highest BCUT2D eigenvalue weighted by Crippen LogP contribution is 2.13. The Morgan fingerprint density at radius 2 is 1.71 bits per heavy atom. The number of aryl methyl sites for hydroxylation is 1. The summed E-state index contributed by atoms with van der Waals surface area (Å²) >= 11 is 0. The molecule has 0 radical (unpaired) electrons. The highest BCUT2D eigenvalue weighted by atomic mass is 16.3. The summed E-state index contributed by atoms with van der Waals surface area (Å²) in [5.74, 6) is -0.582. The van der Waals surface area contributed by atoms with Gasteiger partial charge in [-0.05, 0) is 31.9 Å². The average Bonchev–Trinajstić information content (AvgIpc) is 2.51. The number of rotatable bonds is 7. The molecule has 21 heavy (non-hydrogen) atoms. The van der Waals surface area contributed by atoms with Crippen molar-refractivity contribution >= 4 is 11.8 Å². The van der Waals surface area contributed by atoms with Crippen LogP contribution in [-0.4, -0.2) is 35.6 Å². The molecule has 0 bridgehead atoms. The van der Waals surface area contributed by atoms with Crippen LogP contribution < -0.4 is 10.6 Å². The molecule has 0 heterocycles. The van der Waals surface area contributed by atoms with Crippen LogP contribution >= 0.6 is 0 Å². The molecule has 0 atom stereocenters. The topological polar surface area (TPSA) is 78.4 Å². The molecule has 0 aliphatic carbocycles. The van der Waals surface area contributed by atoms with Gasteiger partial charge < -0.3 is 15.7 Å². The zero-order valence-electron chi connectivity index (χ0n) is 12.9. The van der Waals surface area contributed by atoms with Gasteiger partial charge in [0.15, 0.2) is 0 Å². The van der Waals surface area contributed by atoms with Crippen LogP contribution in [0.25, 0.3) is 0 Å². The van der Waals surface area contributed by atoms with E-state index in [1.54, 1.807) is 12.1 Å². The van der Waals surface area contributed by atoms with Crippen molar-refractivity contribution < 1.29 is 14.7 Å². The van der Waals surface area contributed by atoms with Crippen LogP contribution in [0.2, 0.25) is 0 Å². The number of benzene rings is 1. The Kier molecular flexibility index (Phi) is 6.37. The van der Waals surface area contributed by atoms with E-state index in [0.29, 0.717) is 18.4 Å². The lowest BCUT2D eigenvalue weighted by Crippen LogP contribution is -2.53. The number of hydrogen-bond donors (Lipinski definition) is 3. The molecular weight excluding hydrogens is 268 g/mol. The maximum atomic E-state index is 11.9. The van der Waals surface area contributed by atoms with E-state index in [1.807, 2.05) is 32.9 Å². The van der Waals surface area contributed by atoms with Gasteiger partial charge in [0.1, 0.15) is 0 Å². The second-order valence-electron chi connectivity index (χ2n) is 5.24. The number of carbonyl (C=O) groups is 2. The van der Waals surface area contributed by atoms with Gasteiger partial charge in [0.25, 0.3) is 5.91 Å². The highest BCUT2D eigenvalue weighted by molar-refractivity contribution is 5.96. The average molecular weight is 292 g/mol. The van der Waals surface area contributed by atoms with Gasteiger partial charge in [-0.25, -0.2) is 0 Å².